The van der Waals surface area contributed by atoms with E-state index in [2.05, 4.69) is 9.97 Å². The third kappa shape index (κ3) is 1.48. The summed E-state index contributed by atoms with van der Waals surface area (Å²) in [5.74, 6) is 0.843. The van der Waals surface area contributed by atoms with Crippen molar-refractivity contribution in [2.75, 3.05) is 6.26 Å². The maximum Gasteiger partial charge on any atom is 0.126 e. The van der Waals surface area contributed by atoms with Crippen LogP contribution < -0.4 is 0 Å². The number of nitrogens with zero attached hydrogens (tertiary/aromatic N) is 2. The zero-order valence-electron chi connectivity index (χ0n) is 6.38. The Morgan fingerprint density at radius 2 is 2.10 bits per heavy atom. The molecule has 0 bridgehead atoms. The van der Waals surface area contributed by atoms with Gasteiger partial charge in [0.2, 0.25) is 0 Å². The quantitative estimate of drug-likeness (QED) is 0.456. The molecule has 0 saturated heterocycles. The second-order valence-electron chi connectivity index (χ2n) is 2.11. The van der Waals surface area contributed by atoms with Crippen molar-refractivity contribution in [1.29, 1.82) is 0 Å². The van der Waals surface area contributed by atoms with Crippen molar-refractivity contribution >= 4 is 11.8 Å². The van der Waals surface area contributed by atoms with Crippen LogP contribution >= 0.6 is 11.8 Å². The fourth-order valence-electron chi connectivity index (χ4n) is 0.716. The molecule has 1 heterocycles. The number of aryl methyl sites for hydroxylation is 2. The standard InChI is InChI=1S/C7H10N2S/c1-5-4-8-6(2)9-7(5)10-3/h4H,1-3H3. The van der Waals surface area contributed by atoms with E-state index in [9.17, 15) is 0 Å². The van der Waals surface area contributed by atoms with Gasteiger partial charge >= 0.3 is 0 Å². The van der Waals surface area contributed by atoms with Crippen LogP contribution in [0.3, 0.4) is 0 Å². The van der Waals surface area contributed by atoms with E-state index in [4.69, 9.17) is 0 Å². The van der Waals surface area contributed by atoms with E-state index in [1.807, 2.05) is 26.3 Å². The van der Waals surface area contributed by atoms with Gasteiger partial charge in [0.05, 0.1) is 0 Å². The van der Waals surface area contributed by atoms with Gasteiger partial charge < -0.3 is 0 Å². The minimum absolute atomic E-state index is 0.843. The van der Waals surface area contributed by atoms with Crippen LogP contribution in [0.2, 0.25) is 0 Å². The Bertz CT molecular complexity index is 235. The highest BCUT2D eigenvalue weighted by Crippen LogP contribution is 2.14. The summed E-state index contributed by atoms with van der Waals surface area (Å²) < 4.78 is 0. The van der Waals surface area contributed by atoms with Gasteiger partial charge in [-0.25, -0.2) is 9.97 Å². The third-order valence-corrected chi connectivity index (χ3v) is 2.04. The Balaban J connectivity index is 3.09. The molecule has 0 spiro atoms. The van der Waals surface area contributed by atoms with Crippen LogP contribution in [0.15, 0.2) is 11.2 Å². The molecule has 1 aromatic rings. The van der Waals surface area contributed by atoms with E-state index in [-0.39, 0.29) is 0 Å². The predicted molar refractivity (Wildman–Crippen MR) is 43.3 cm³/mol. The van der Waals surface area contributed by atoms with Crippen molar-refractivity contribution in [3.05, 3.63) is 17.6 Å². The Hall–Kier alpha value is -0.570. The number of rotatable bonds is 1. The highest BCUT2D eigenvalue weighted by atomic mass is 32.2. The zero-order valence-corrected chi connectivity index (χ0v) is 7.20. The normalized spacial score (nSPS) is 9.90. The molecule has 0 amide bonds. The van der Waals surface area contributed by atoms with E-state index >= 15 is 0 Å². The summed E-state index contributed by atoms with van der Waals surface area (Å²) in [5, 5.41) is 1.08. The number of aromatic nitrogens is 2. The molecule has 10 heavy (non-hydrogen) atoms. The SMILES string of the molecule is CSc1nc(C)ncc1C. The molecule has 0 N–H and O–H groups in total. The molecule has 0 atom stereocenters. The maximum absolute atomic E-state index is 4.24. The van der Waals surface area contributed by atoms with Gasteiger partial charge in [-0.05, 0) is 25.7 Å². The molecule has 0 saturated carbocycles. The Morgan fingerprint density at radius 3 is 2.60 bits per heavy atom. The van der Waals surface area contributed by atoms with Crippen LogP contribution in [0, 0.1) is 13.8 Å². The number of hydrogen-bond donors (Lipinski definition) is 0. The molecular formula is C7H10N2S. The Morgan fingerprint density at radius 1 is 1.40 bits per heavy atom. The lowest BCUT2D eigenvalue weighted by molar-refractivity contribution is 0.939. The summed E-state index contributed by atoms with van der Waals surface area (Å²) in [5.41, 5.74) is 1.15. The van der Waals surface area contributed by atoms with Gasteiger partial charge in [-0.2, -0.15) is 0 Å². The van der Waals surface area contributed by atoms with Gasteiger partial charge in [-0.15, -0.1) is 11.8 Å². The Kier molecular flexibility index (Phi) is 2.27. The average molecular weight is 154 g/mol. The van der Waals surface area contributed by atoms with Crippen molar-refractivity contribution in [2.45, 2.75) is 18.9 Å². The molecule has 3 heteroatoms. The van der Waals surface area contributed by atoms with Crippen molar-refractivity contribution < 1.29 is 0 Å². The van der Waals surface area contributed by atoms with Gasteiger partial charge in [-0.3, -0.25) is 0 Å². The summed E-state index contributed by atoms with van der Waals surface area (Å²) in [4.78, 5) is 8.31. The zero-order chi connectivity index (χ0) is 7.56. The topological polar surface area (TPSA) is 25.8 Å². The van der Waals surface area contributed by atoms with Crippen LogP contribution in [0.4, 0.5) is 0 Å². The van der Waals surface area contributed by atoms with Crippen LogP contribution in [0.1, 0.15) is 11.4 Å². The van der Waals surface area contributed by atoms with Crippen LogP contribution in [0.5, 0.6) is 0 Å². The molecule has 0 aliphatic heterocycles. The van der Waals surface area contributed by atoms with Crippen LogP contribution in [0.25, 0.3) is 0 Å². The van der Waals surface area contributed by atoms with E-state index in [0.717, 1.165) is 16.4 Å². The van der Waals surface area contributed by atoms with Crippen molar-refractivity contribution in [2.24, 2.45) is 0 Å². The number of thioether (sulfide) groups is 1. The molecule has 0 radical (unpaired) electrons. The monoisotopic (exact) mass is 154 g/mol. The van der Waals surface area contributed by atoms with Gasteiger partial charge in [-0.1, -0.05) is 0 Å². The molecule has 1 rings (SSSR count). The third-order valence-electron chi connectivity index (χ3n) is 1.24. The molecule has 2 nitrogen and oxygen atoms in total. The lowest BCUT2D eigenvalue weighted by Gasteiger charge is -1.99. The van der Waals surface area contributed by atoms with Crippen molar-refractivity contribution in [3.63, 3.8) is 0 Å². The first kappa shape index (κ1) is 7.54. The average Bonchev–Trinajstić information content (AvgIpc) is 1.94. The fourth-order valence-corrected chi connectivity index (χ4v) is 1.31. The molecule has 0 aliphatic carbocycles. The second-order valence-corrected chi connectivity index (χ2v) is 2.90. The summed E-state index contributed by atoms with van der Waals surface area (Å²) >= 11 is 1.66. The smallest absolute Gasteiger partial charge is 0.126 e. The molecular weight excluding hydrogens is 144 g/mol. The lowest BCUT2D eigenvalue weighted by atomic mass is 10.4. The molecule has 0 fully saturated rings. The minimum atomic E-state index is 0.843. The minimum Gasteiger partial charge on any atom is -0.241 e. The predicted octanol–water partition coefficient (Wildman–Crippen LogP) is 1.82. The van der Waals surface area contributed by atoms with Crippen molar-refractivity contribution in [3.8, 4) is 0 Å². The summed E-state index contributed by atoms with van der Waals surface area (Å²) in [7, 11) is 0. The maximum atomic E-state index is 4.24. The van der Waals surface area contributed by atoms with E-state index < -0.39 is 0 Å². The van der Waals surface area contributed by atoms with Crippen LogP contribution in [-0.2, 0) is 0 Å². The summed E-state index contributed by atoms with van der Waals surface area (Å²) in [6.07, 6.45) is 3.88. The Labute approximate surface area is 65.1 Å². The molecule has 0 aliphatic rings. The second kappa shape index (κ2) is 3.01. The lowest BCUT2D eigenvalue weighted by Crippen LogP contribution is -1.91. The first-order valence-electron chi connectivity index (χ1n) is 3.08. The first-order valence-corrected chi connectivity index (χ1v) is 4.30. The number of hydrogen-bond acceptors (Lipinski definition) is 3. The molecule has 0 aromatic carbocycles. The highest BCUT2D eigenvalue weighted by Gasteiger charge is 1.97. The van der Waals surface area contributed by atoms with Gasteiger partial charge in [0.25, 0.3) is 0 Å². The summed E-state index contributed by atoms with van der Waals surface area (Å²) in [6, 6.07) is 0. The molecule has 54 valence electrons. The largest absolute Gasteiger partial charge is 0.241 e. The van der Waals surface area contributed by atoms with Gasteiger partial charge in [0.1, 0.15) is 10.9 Å². The van der Waals surface area contributed by atoms with Crippen LogP contribution in [-0.4, -0.2) is 16.2 Å². The first-order chi connectivity index (χ1) is 4.74. The highest BCUT2D eigenvalue weighted by molar-refractivity contribution is 7.98. The van der Waals surface area contributed by atoms with Gasteiger partial charge in [0.15, 0.2) is 0 Å². The van der Waals surface area contributed by atoms with E-state index in [1.165, 1.54) is 0 Å². The van der Waals surface area contributed by atoms with Gasteiger partial charge in [0, 0.05) is 6.20 Å². The molecule has 1 aromatic heterocycles. The molecule has 0 unspecified atom stereocenters. The van der Waals surface area contributed by atoms with Crippen molar-refractivity contribution in [1.82, 2.24) is 9.97 Å². The fraction of sp³-hybridized carbons (Fsp3) is 0.429. The van der Waals surface area contributed by atoms with E-state index in [0.29, 0.717) is 0 Å². The van der Waals surface area contributed by atoms with E-state index in [1.54, 1.807) is 11.8 Å². The summed E-state index contributed by atoms with van der Waals surface area (Å²) in [6.45, 7) is 3.92.